The van der Waals surface area contributed by atoms with E-state index >= 15 is 0 Å². The highest BCUT2D eigenvalue weighted by molar-refractivity contribution is 5.62. The SMILES string of the molecule is Cc1ccc(-c2ccnc(NC[C@H](C)N3CCN(C)CC3)n2)c(C)n1. The first-order valence-electron chi connectivity index (χ1n) is 8.97. The van der Waals surface area contributed by atoms with Gasteiger partial charge in [0, 0.05) is 61.9 Å². The van der Waals surface area contributed by atoms with Gasteiger partial charge in [0.25, 0.3) is 0 Å². The Balaban J connectivity index is 1.64. The number of piperazine rings is 1. The standard InChI is InChI=1S/C19H28N6/c1-14-5-6-17(16(3)22-14)18-7-8-20-19(23-18)21-13-15(2)25-11-9-24(4)10-12-25/h5-8,15H,9-13H2,1-4H3,(H,20,21,23)/t15-/m0/s1. The Bertz CT molecular complexity index is 709. The fourth-order valence-electron chi connectivity index (χ4n) is 3.18. The lowest BCUT2D eigenvalue weighted by Gasteiger charge is -2.36. The van der Waals surface area contributed by atoms with E-state index in [2.05, 4.69) is 50.1 Å². The van der Waals surface area contributed by atoms with Gasteiger partial charge in [-0.3, -0.25) is 9.88 Å². The zero-order valence-electron chi connectivity index (χ0n) is 15.7. The number of rotatable bonds is 5. The molecule has 1 fully saturated rings. The Hall–Kier alpha value is -2.05. The highest BCUT2D eigenvalue weighted by Crippen LogP contribution is 2.21. The normalized spacial score (nSPS) is 17.4. The number of hydrogen-bond acceptors (Lipinski definition) is 6. The van der Waals surface area contributed by atoms with Crippen LogP contribution in [0.25, 0.3) is 11.3 Å². The van der Waals surface area contributed by atoms with Gasteiger partial charge >= 0.3 is 0 Å². The summed E-state index contributed by atoms with van der Waals surface area (Å²) in [6, 6.07) is 6.50. The van der Waals surface area contributed by atoms with Crippen LogP contribution in [0.3, 0.4) is 0 Å². The third-order valence-corrected chi connectivity index (χ3v) is 4.87. The van der Waals surface area contributed by atoms with E-state index in [1.165, 1.54) is 0 Å². The van der Waals surface area contributed by atoms with Gasteiger partial charge in [0.05, 0.1) is 5.69 Å². The minimum Gasteiger partial charge on any atom is -0.353 e. The van der Waals surface area contributed by atoms with Crippen LogP contribution in [0, 0.1) is 13.8 Å². The molecule has 0 radical (unpaired) electrons. The molecule has 1 aliphatic heterocycles. The van der Waals surface area contributed by atoms with Crippen molar-refractivity contribution in [3.63, 3.8) is 0 Å². The summed E-state index contributed by atoms with van der Waals surface area (Å²) in [7, 11) is 2.18. The summed E-state index contributed by atoms with van der Waals surface area (Å²) in [6.07, 6.45) is 1.81. The summed E-state index contributed by atoms with van der Waals surface area (Å²) in [5.41, 5.74) is 3.99. The number of aryl methyl sites for hydroxylation is 2. The number of pyridine rings is 1. The predicted octanol–water partition coefficient (Wildman–Crippen LogP) is 2.20. The lowest BCUT2D eigenvalue weighted by atomic mass is 10.1. The Morgan fingerprint density at radius 3 is 2.56 bits per heavy atom. The first-order valence-corrected chi connectivity index (χ1v) is 8.97. The molecule has 3 heterocycles. The van der Waals surface area contributed by atoms with Crippen LogP contribution in [0.1, 0.15) is 18.3 Å². The molecule has 1 N–H and O–H groups in total. The van der Waals surface area contributed by atoms with Gasteiger partial charge in [-0.2, -0.15) is 0 Å². The molecule has 1 saturated heterocycles. The van der Waals surface area contributed by atoms with Crippen LogP contribution in [0.2, 0.25) is 0 Å². The average molecular weight is 340 g/mol. The molecular formula is C19H28N6. The van der Waals surface area contributed by atoms with Crippen molar-refractivity contribution in [2.75, 3.05) is 45.1 Å². The van der Waals surface area contributed by atoms with Crippen molar-refractivity contribution in [3.8, 4) is 11.3 Å². The summed E-state index contributed by atoms with van der Waals surface area (Å²) in [5.74, 6) is 0.679. The van der Waals surface area contributed by atoms with Gasteiger partial charge in [-0.05, 0) is 46.0 Å². The molecule has 134 valence electrons. The highest BCUT2D eigenvalue weighted by atomic mass is 15.3. The number of likely N-dealkylation sites (N-methyl/N-ethyl adjacent to an activating group) is 1. The third-order valence-electron chi connectivity index (χ3n) is 4.87. The molecule has 0 bridgehead atoms. The molecule has 0 unspecified atom stereocenters. The van der Waals surface area contributed by atoms with E-state index in [1.807, 2.05) is 32.2 Å². The highest BCUT2D eigenvalue weighted by Gasteiger charge is 2.19. The Morgan fingerprint density at radius 1 is 1.08 bits per heavy atom. The molecule has 25 heavy (non-hydrogen) atoms. The molecule has 0 amide bonds. The van der Waals surface area contributed by atoms with Crippen molar-refractivity contribution in [2.24, 2.45) is 0 Å². The van der Waals surface area contributed by atoms with Gasteiger partial charge < -0.3 is 10.2 Å². The summed E-state index contributed by atoms with van der Waals surface area (Å²) in [6.45, 7) is 11.6. The molecule has 2 aromatic rings. The second kappa shape index (κ2) is 7.89. The minimum atomic E-state index is 0.462. The maximum atomic E-state index is 4.67. The van der Waals surface area contributed by atoms with Crippen molar-refractivity contribution in [2.45, 2.75) is 26.8 Å². The number of anilines is 1. The molecule has 2 aromatic heterocycles. The zero-order valence-corrected chi connectivity index (χ0v) is 15.7. The molecule has 3 rings (SSSR count). The van der Waals surface area contributed by atoms with E-state index in [9.17, 15) is 0 Å². The van der Waals surface area contributed by atoms with E-state index in [0.29, 0.717) is 12.0 Å². The topological polar surface area (TPSA) is 57.2 Å². The lowest BCUT2D eigenvalue weighted by Crippen LogP contribution is -2.49. The van der Waals surface area contributed by atoms with E-state index in [4.69, 9.17) is 0 Å². The first-order chi connectivity index (χ1) is 12.0. The van der Waals surface area contributed by atoms with E-state index in [-0.39, 0.29) is 0 Å². The number of aromatic nitrogens is 3. The van der Waals surface area contributed by atoms with Crippen molar-refractivity contribution in [1.29, 1.82) is 0 Å². The van der Waals surface area contributed by atoms with Gasteiger partial charge in [0.15, 0.2) is 0 Å². The number of hydrogen-bond donors (Lipinski definition) is 1. The van der Waals surface area contributed by atoms with E-state index < -0.39 is 0 Å². The molecule has 1 atom stereocenters. The van der Waals surface area contributed by atoms with Crippen LogP contribution in [0.4, 0.5) is 5.95 Å². The lowest BCUT2D eigenvalue weighted by molar-refractivity contribution is 0.123. The summed E-state index contributed by atoms with van der Waals surface area (Å²) in [5, 5.41) is 3.40. The largest absolute Gasteiger partial charge is 0.353 e. The second-order valence-electron chi connectivity index (χ2n) is 6.92. The zero-order chi connectivity index (χ0) is 17.8. The Morgan fingerprint density at radius 2 is 1.84 bits per heavy atom. The fourth-order valence-corrected chi connectivity index (χ4v) is 3.18. The Labute approximate surface area is 150 Å². The fraction of sp³-hybridized carbons (Fsp3) is 0.526. The maximum Gasteiger partial charge on any atom is 0.223 e. The van der Waals surface area contributed by atoms with Crippen LogP contribution < -0.4 is 5.32 Å². The molecule has 0 aliphatic carbocycles. The molecule has 6 heteroatoms. The van der Waals surface area contributed by atoms with Crippen molar-refractivity contribution >= 4 is 5.95 Å². The van der Waals surface area contributed by atoms with Crippen LogP contribution in [0.15, 0.2) is 24.4 Å². The third kappa shape index (κ3) is 4.52. The summed E-state index contributed by atoms with van der Waals surface area (Å²) >= 11 is 0. The van der Waals surface area contributed by atoms with Gasteiger partial charge in [0.1, 0.15) is 0 Å². The molecule has 1 aliphatic rings. The van der Waals surface area contributed by atoms with Crippen LogP contribution in [-0.2, 0) is 0 Å². The van der Waals surface area contributed by atoms with Gasteiger partial charge in [-0.25, -0.2) is 9.97 Å². The quantitative estimate of drug-likeness (QED) is 0.900. The molecular weight excluding hydrogens is 312 g/mol. The van der Waals surface area contributed by atoms with Gasteiger partial charge in [-0.15, -0.1) is 0 Å². The van der Waals surface area contributed by atoms with Gasteiger partial charge in [-0.1, -0.05) is 0 Å². The van der Waals surface area contributed by atoms with Crippen LogP contribution in [0.5, 0.6) is 0 Å². The minimum absolute atomic E-state index is 0.462. The van der Waals surface area contributed by atoms with Crippen LogP contribution in [-0.4, -0.2) is 70.6 Å². The number of nitrogens with zero attached hydrogens (tertiary/aromatic N) is 5. The average Bonchev–Trinajstić information content (AvgIpc) is 2.60. The molecule has 6 nitrogen and oxygen atoms in total. The smallest absolute Gasteiger partial charge is 0.223 e. The maximum absolute atomic E-state index is 4.67. The first kappa shape index (κ1) is 17.8. The van der Waals surface area contributed by atoms with Crippen LogP contribution >= 0.6 is 0 Å². The van der Waals surface area contributed by atoms with Gasteiger partial charge in [0.2, 0.25) is 5.95 Å². The summed E-state index contributed by atoms with van der Waals surface area (Å²) in [4.78, 5) is 18.5. The van der Waals surface area contributed by atoms with Crippen molar-refractivity contribution in [3.05, 3.63) is 35.8 Å². The van der Waals surface area contributed by atoms with E-state index in [0.717, 1.165) is 55.4 Å². The Kier molecular flexibility index (Phi) is 5.60. The van der Waals surface area contributed by atoms with Crippen molar-refractivity contribution < 1.29 is 0 Å². The molecule has 0 aromatic carbocycles. The van der Waals surface area contributed by atoms with Crippen molar-refractivity contribution in [1.82, 2.24) is 24.8 Å². The van der Waals surface area contributed by atoms with E-state index in [1.54, 1.807) is 0 Å². The molecule has 0 spiro atoms. The monoisotopic (exact) mass is 340 g/mol. The predicted molar refractivity (Wildman–Crippen MR) is 102 cm³/mol. The summed E-state index contributed by atoms with van der Waals surface area (Å²) < 4.78 is 0. The number of nitrogens with one attached hydrogen (secondary N) is 1. The second-order valence-corrected chi connectivity index (χ2v) is 6.92. The molecule has 0 saturated carbocycles.